The van der Waals surface area contributed by atoms with Crippen LogP contribution in [0.15, 0.2) is 52.2 Å². The Morgan fingerprint density at radius 2 is 1.70 bits per heavy atom. The normalized spacial score (nSPS) is 15.3. The fourth-order valence-electron chi connectivity index (χ4n) is 4.11. The van der Waals surface area contributed by atoms with E-state index in [9.17, 15) is 18.0 Å². The molecular formula is C23H29N5O4S. The Kier molecular flexibility index (Phi) is 7.14. The molecule has 0 radical (unpaired) electrons. The minimum absolute atomic E-state index is 0.0158. The highest BCUT2D eigenvalue weighted by atomic mass is 32.2. The van der Waals surface area contributed by atoms with Gasteiger partial charge in [-0.25, -0.2) is 13.2 Å². The van der Waals surface area contributed by atoms with Gasteiger partial charge in [0.1, 0.15) is 0 Å². The highest BCUT2D eigenvalue weighted by molar-refractivity contribution is 7.92. The van der Waals surface area contributed by atoms with Gasteiger partial charge in [0.25, 0.3) is 15.9 Å². The van der Waals surface area contributed by atoms with E-state index in [1.54, 1.807) is 24.3 Å². The first-order valence-corrected chi connectivity index (χ1v) is 12.8. The molecule has 0 atom stereocenters. The summed E-state index contributed by atoms with van der Waals surface area (Å²) >= 11 is 0. The van der Waals surface area contributed by atoms with Gasteiger partial charge < -0.3 is 20.2 Å². The van der Waals surface area contributed by atoms with Gasteiger partial charge in [-0.05, 0) is 69.2 Å². The van der Waals surface area contributed by atoms with E-state index in [0.717, 1.165) is 26.1 Å². The Morgan fingerprint density at radius 1 is 0.970 bits per heavy atom. The maximum atomic E-state index is 12.9. The van der Waals surface area contributed by atoms with Gasteiger partial charge in [0.2, 0.25) is 0 Å². The molecular weight excluding hydrogens is 442 g/mol. The number of nitrogens with zero attached hydrogens (tertiary/aromatic N) is 1. The molecule has 1 saturated heterocycles. The molecule has 0 spiro atoms. The molecule has 176 valence electrons. The molecule has 1 aromatic heterocycles. The number of aromatic nitrogens is 2. The predicted octanol–water partition coefficient (Wildman–Crippen LogP) is 2.65. The minimum atomic E-state index is -3.97. The first-order chi connectivity index (χ1) is 15.9. The van der Waals surface area contributed by atoms with Crippen molar-refractivity contribution in [1.29, 1.82) is 0 Å². The van der Waals surface area contributed by atoms with E-state index in [-0.39, 0.29) is 22.1 Å². The molecule has 2 aromatic carbocycles. The van der Waals surface area contributed by atoms with Crippen molar-refractivity contribution in [1.82, 2.24) is 20.2 Å². The number of sulfonamides is 1. The van der Waals surface area contributed by atoms with Crippen LogP contribution in [0.1, 0.15) is 42.5 Å². The van der Waals surface area contributed by atoms with Crippen molar-refractivity contribution in [3.8, 4) is 0 Å². The molecule has 0 saturated carbocycles. The van der Waals surface area contributed by atoms with E-state index in [1.165, 1.54) is 43.9 Å². The molecule has 0 bridgehead atoms. The number of fused-ring (bicyclic) bond motifs is 1. The number of nitrogens with one attached hydrogen (secondary N) is 4. The molecule has 0 unspecified atom stereocenters. The molecule has 1 aliphatic heterocycles. The lowest BCUT2D eigenvalue weighted by Crippen LogP contribution is -2.31. The van der Waals surface area contributed by atoms with Gasteiger partial charge in [-0.2, -0.15) is 0 Å². The van der Waals surface area contributed by atoms with Crippen LogP contribution in [-0.4, -0.2) is 55.4 Å². The number of H-pyrrole nitrogens is 2. The quantitative estimate of drug-likeness (QED) is 0.376. The summed E-state index contributed by atoms with van der Waals surface area (Å²) in [7, 11) is -3.97. The molecule has 4 N–H and O–H groups in total. The average molecular weight is 472 g/mol. The standard InChI is InChI=1S/C23H29N5O4S/c29-22(24-12-7-15-28-13-5-1-2-6-14-28)18-8-3-4-9-19(18)27-33(31,32)17-10-11-20-21(16-17)26-23(30)25-20/h3-4,8-11,16,27H,1-2,5-7,12-15H2,(H,24,29)(H2,25,26,30). The third-order valence-corrected chi connectivity index (χ3v) is 7.21. The van der Waals surface area contributed by atoms with Gasteiger partial charge in [-0.3, -0.25) is 9.52 Å². The number of likely N-dealkylation sites (tertiary alicyclic amines) is 1. The van der Waals surface area contributed by atoms with Crippen molar-refractivity contribution in [2.75, 3.05) is 30.9 Å². The Morgan fingerprint density at radius 3 is 2.48 bits per heavy atom. The topological polar surface area (TPSA) is 127 Å². The Labute approximate surface area is 192 Å². The van der Waals surface area contributed by atoms with Crippen molar-refractivity contribution in [3.63, 3.8) is 0 Å². The minimum Gasteiger partial charge on any atom is -0.352 e. The van der Waals surface area contributed by atoms with Crippen LogP contribution in [0.3, 0.4) is 0 Å². The lowest BCUT2D eigenvalue weighted by Gasteiger charge is -2.19. The van der Waals surface area contributed by atoms with Crippen LogP contribution < -0.4 is 15.7 Å². The molecule has 1 aliphatic rings. The van der Waals surface area contributed by atoms with Crippen molar-refractivity contribution < 1.29 is 13.2 Å². The molecule has 0 aliphatic carbocycles. The van der Waals surface area contributed by atoms with Crippen LogP contribution >= 0.6 is 0 Å². The second-order valence-corrected chi connectivity index (χ2v) is 9.99. The number of rotatable bonds is 8. The van der Waals surface area contributed by atoms with Gasteiger partial charge >= 0.3 is 5.69 Å². The second kappa shape index (κ2) is 10.2. The number of imidazole rings is 1. The summed E-state index contributed by atoms with van der Waals surface area (Å²) in [5.74, 6) is -0.324. The number of carbonyl (C=O) groups excluding carboxylic acids is 1. The number of hydrogen-bond acceptors (Lipinski definition) is 5. The van der Waals surface area contributed by atoms with E-state index >= 15 is 0 Å². The van der Waals surface area contributed by atoms with Gasteiger partial charge in [-0.1, -0.05) is 25.0 Å². The van der Waals surface area contributed by atoms with E-state index in [1.807, 2.05) is 0 Å². The molecule has 1 amide bonds. The maximum absolute atomic E-state index is 12.9. The molecule has 2 heterocycles. The van der Waals surface area contributed by atoms with Crippen molar-refractivity contribution >= 4 is 32.7 Å². The molecule has 4 rings (SSSR count). The molecule has 33 heavy (non-hydrogen) atoms. The van der Waals surface area contributed by atoms with Crippen LogP contribution in [0.5, 0.6) is 0 Å². The SMILES string of the molecule is O=C(NCCCN1CCCCCC1)c1ccccc1NS(=O)(=O)c1ccc2[nH]c(=O)[nH]c2c1. The van der Waals surface area contributed by atoms with Gasteiger partial charge in [0, 0.05) is 6.54 Å². The van der Waals surface area contributed by atoms with E-state index in [2.05, 4.69) is 24.9 Å². The Bertz CT molecular complexity index is 1270. The average Bonchev–Trinajstić information content (AvgIpc) is 2.98. The van der Waals surface area contributed by atoms with Crippen molar-refractivity contribution in [2.24, 2.45) is 0 Å². The fourth-order valence-corrected chi connectivity index (χ4v) is 5.22. The van der Waals surface area contributed by atoms with Gasteiger partial charge in [-0.15, -0.1) is 0 Å². The summed E-state index contributed by atoms with van der Waals surface area (Å²) in [4.78, 5) is 31.8. The zero-order chi connectivity index (χ0) is 23.3. The lowest BCUT2D eigenvalue weighted by atomic mass is 10.1. The number of amides is 1. The predicted molar refractivity (Wildman–Crippen MR) is 128 cm³/mol. The summed E-state index contributed by atoms with van der Waals surface area (Å²) < 4.78 is 28.4. The van der Waals surface area contributed by atoms with Gasteiger partial charge in [0.15, 0.2) is 0 Å². The smallest absolute Gasteiger partial charge is 0.323 e. The monoisotopic (exact) mass is 471 g/mol. The largest absolute Gasteiger partial charge is 0.352 e. The highest BCUT2D eigenvalue weighted by Crippen LogP contribution is 2.22. The number of anilines is 1. The van der Waals surface area contributed by atoms with Crippen molar-refractivity contribution in [3.05, 3.63) is 58.5 Å². The van der Waals surface area contributed by atoms with Crippen LogP contribution in [0, 0.1) is 0 Å². The van der Waals surface area contributed by atoms with E-state index < -0.39 is 15.7 Å². The number of aromatic amines is 2. The molecule has 10 heteroatoms. The van der Waals surface area contributed by atoms with Crippen LogP contribution in [0.2, 0.25) is 0 Å². The molecule has 1 fully saturated rings. The van der Waals surface area contributed by atoms with Crippen LogP contribution in [0.25, 0.3) is 11.0 Å². The van der Waals surface area contributed by atoms with E-state index in [0.29, 0.717) is 17.6 Å². The van der Waals surface area contributed by atoms with Crippen molar-refractivity contribution in [2.45, 2.75) is 37.0 Å². The number of benzene rings is 2. The summed E-state index contributed by atoms with van der Waals surface area (Å²) in [6.45, 7) is 3.69. The third kappa shape index (κ3) is 5.82. The second-order valence-electron chi connectivity index (χ2n) is 8.30. The summed E-state index contributed by atoms with van der Waals surface area (Å²) in [6, 6.07) is 10.8. The summed E-state index contributed by atoms with van der Waals surface area (Å²) in [5, 5.41) is 2.90. The number of para-hydroxylation sites is 1. The number of hydrogen-bond donors (Lipinski definition) is 4. The first kappa shape index (κ1) is 23.1. The fraction of sp³-hybridized carbons (Fsp3) is 0.391. The maximum Gasteiger partial charge on any atom is 0.323 e. The summed E-state index contributed by atoms with van der Waals surface area (Å²) in [5.41, 5.74) is 0.944. The zero-order valence-electron chi connectivity index (χ0n) is 18.4. The van der Waals surface area contributed by atoms with Crippen LogP contribution in [-0.2, 0) is 10.0 Å². The van der Waals surface area contributed by atoms with Crippen LogP contribution in [0.4, 0.5) is 5.69 Å². The lowest BCUT2D eigenvalue weighted by molar-refractivity contribution is 0.0952. The zero-order valence-corrected chi connectivity index (χ0v) is 19.2. The molecule has 9 nitrogen and oxygen atoms in total. The Balaban J connectivity index is 1.40. The highest BCUT2D eigenvalue weighted by Gasteiger charge is 2.19. The van der Waals surface area contributed by atoms with Gasteiger partial charge in [0.05, 0.1) is 27.2 Å². The first-order valence-electron chi connectivity index (χ1n) is 11.3. The van der Waals surface area contributed by atoms with E-state index in [4.69, 9.17) is 0 Å². The number of carbonyl (C=O) groups is 1. The summed E-state index contributed by atoms with van der Waals surface area (Å²) in [6.07, 6.45) is 5.88. The third-order valence-electron chi connectivity index (χ3n) is 5.85. The molecule has 3 aromatic rings. The Hall–Kier alpha value is -3.11.